The van der Waals surface area contributed by atoms with Crippen molar-refractivity contribution in [3.63, 3.8) is 0 Å². The predicted molar refractivity (Wildman–Crippen MR) is 142 cm³/mol. The Bertz CT molecular complexity index is 1330. The van der Waals surface area contributed by atoms with Gasteiger partial charge in [0, 0.05) is 18.6 Å². The Kier molecular flexibility index (Phi) is 8.76. The second-order valence-electron chi connectivity index (χ2n) is 8.57. The number of benzene rings is 3. The third-order valence-corrected chi connectivity index (χ3v) is 7.97. The van der Waals surface area contributed by atoms with Crippen molar-refractivity contribution in [2.45, 2.75) is 38.3 Å². The van der Waals surface area contributed by atoms with Gasteiger partial charge in [-0.3, -0.25) is 13.9 Å². The van der Waals surface area contributed by atoms with Gasteiger partial charge in [-0.1, -0.05) is 54.1 Å². The molecule has 190 valence electrons. The molecule has 1 atom stereocenters. The molecule has 2 amide bonds. The normalized spacial score (nSPS) is 12.0. The zero-order chi connectivity index (χ0) is 26.5. The molecule has 7 nitrogen and oxygen atoms in total. The maximum absolute atomic E-state index is 13.7. The lowest BCUT2D eigenvalue weighted by Crippen LogP contribution is -2.50. The molecule has 36 heavy (non-hydrogen) atoms. The van der Waals surface area contributed by atoms with Crippen molar-refractivity contribution in [3.8, 4) is 0 Å². The van der Waals surface area contributed by atoms with Gasteiger partial charge < -0.3 is 10.2 Å². The summed E-state index contributed by atoms with van der Waals surface area (Å²) in [6.45, 7) is 4.87. The summed E-state index contributed by atoms with van der Waals surface area (Å²) >= 11 is 6.34. The van der Waals surface area contributed by atoms with Crippen LogP contribution in [-0.2, 0) is 26.2 Å². The Labute approximate surface area is 217 Å². The molecule has 0 heterocycles. The summed E-state index contributed by atoms with van der Waals surface area (Å²) in [6.07, 6.45) is 0. The lowest BCUT2D eigenvalue weighted by molar-refractivity contribution is -0.139. The first-order valence-electron chi connectivity index (χ1n) is 11.4. The van der Waals surface area contributed by atoms with Crippen LogP contribution in [0.5, 0.6) is 0 Å². The van der Waals surface area contributed by atoms with Crippen LogP contribution < -0.4 is 9.62 Å². The second-order valence-corrected chi connectivity index (χ2v) is 10.8. The van der Waals surface area contributed by atoms with E-state index in [1.807, 2.05) is 19.9 Å². The van der Waals surface area contributed by atoms with E-state index in [0.717, 1.165) is 15.4 Å². The maximum atomic E-state index is 13.7. The zero-order valence-corrected chi connectivity index (χ0v) is 22.3. The van der Waals surface area contributed by atoms with Crippen LogP contribution in [0.2, 0.25) is 5.02 Å². The molecule has 3 aromatic carbocycles. The van der Waals surface area contributed by atoms with E-state index in [1.165, 1.54) is 24.1 Å². The number of aryl methyl sites for hydroxylation is 2. The molecule has 0 aromatic heterocycles. The van der Waals surface area contributed by atoms with E-state index >= 15 is 0 Å². The smallest absolute Gasteiger partial charge is 0.264 e. The Hall–Kier alpha value is -3.36. The number of likely N-dealkylation sites (N-methyl/N-ethyl adjacent to an activating group) is 1. The number of carbonyl (C=O) groups is 2. The van der Waals surface area contributed by atoms with Gasteiger partial charge in [-0.2, -0.15) is 0 Å². The summed E-state index contributed by atoms with van der Waals surface area (Å²) in [4.78, 5) is 27.7. The van der Waals surface area contributed by atoms with Gasteiger partial charge in [0.25, 0.3) is 10.0 Å². The molecular weight excluding hydrogens is 498 g/mol. The fraction of sp³-hybridized carbons (Fsp3) is 0.259. The summed E-state index contributed by atoms with van der Waals surface area (Å²) < 4.78 is 28.6. The van der Waals surface area contributed by atoms with Crippen molar-refractivity contribution in [1.29, 1.82) is 0 Å². The third-order valence-electron chi connectivity index (χ3n) is 5.82. The molecule has 0 spiro atoms. The Morgan fingerprint density at radius 3 is 2.11 bits per heavy atom. The van der Waals surface area contributed by atoms with E-state index in [2.05, 4.69) is 5.32 Å². The Morgan fingerprint density at radius 2 is 1.53 bits per heavy atom. The number of sulfonamides is 1. The quantitative estimate of drug-likeness (QED) is 0.449. The number of carbonyl (C=O) groups excluding carboxylic acids is 2. The largest absolute Gasteiger partial charge is 0.357 e. The van der Waals surface area contributed by atoms with Gasteiger partial charge in [0.05, 0.1) is 10.6 Å². The van der Waals surface area contributed by atoms with Gasteiger partial charge in [0.2, 0.25) is 11.8 Å². The van der Waals surface area contributed by atoms with Crippen LogP contribution in [-0.4, -0.2) is 44.8 Å². The number of nitrogens with zero attached hydrogens (tertiary/aromatic N) is 2. The van der Waals surface area contributed by atoms with Crippen molar-refractivity contribution in [2.75, 3.05) is 17.9 Å². The maximum Gasteiger partial charge on any atom is 0.264 e. The number of amides is 2. The minimum absolute atomic E-state index is 0.0408. The minimum atomic E-state index is -4.09. The van der Waals surface area contributed by atoms with Crippen LogP contribution in [0.25, 0.3) is 0 Å². The molecule has 0 unspecified atom stereocenters. The van der Waals surface area contributed by atoms with Crippen molar-refractivity contribution in [2.24, 2.45) is 0 Å². The van der Waals surface area contributed by atoms with Crippen LogP contribution >= 0.6 is 11.6 Å². The molecule has 0 saturated carbocycles. The van der Waals surface area contributed by atoms with E-state index in [0.29, 0.717) is 16.3 Å². The summed E-state index contributed by atoms with van der Waals surface area (Å²) in [7, 11) is -2.60. The predicted octanol–water partition coefficient (Wildman–Crippen LogP) is 4.32. The number of hydrogen-bond donors (Lipinski definition) is 1. The molecule has 1 N–H and O–H groups in total. The lowest BCUT2D eigenvalue weighted by atomic mass is 10.1. The average Bonchev–Trinajstić information content (AvgIpc) is 2.85. The van der Waals surface area contributed by atoms with E-state index < -0.39 is 28.5 Å². The van der Waals surface area contributed by atoms with Crippen molar-refractivity contribution >= 4 is 39.1 Å². The highest BCUT2D eigenvalue weighted by molar-refractivity contribution is 7.92. The average molecular weight is 528 g/mol. The van der Waals surface area contributed by atoms with Crippen LogP contribution in [0.15, 0.2) is 77.7 Å². The molecule has 3 rings (SSSR count). The fourth-order valence-corrected chi connectivity index (χ4v) is 5.56. The Morgan fingerprint density at radius 1 is 0.944 bits per heavy atom. The molecule has 3 aromatic rings. The third kappa shape index (κ3) is 6.25. The highest BCUT2D eigenvalue weighted by Crippen LogP contribution is 2.27. The van der Waals surface area contributed by atoms with Crippen molar-refractivity contribution in [3.05, 3.63) is 94.5 Å². The molecule has 0 radical (unpaired) electrons. The van der Waals surface area contributed by atoms with E-state index in [1.54, 1.807) is 61.5 Å². The van der Waals surface area contributed by atoms with E-state index in [4.69, 9.17) is 11.6 Å². The molecule has 0 aliphatic rings. The summed E-state index contributed by atoms with van der Waals surface area (Å²) in [5.74, 6) is -0.913. The fourth-order valence-electron chi connectivity index (χ4n) is 3.94. The van der Waals surface area contributed by atoms with Gasteiger partial charge >= 0.3 is 0 Å². The van der Waals surface area contributed by atoms with Gasteiger partial charge in [-0.25, -0.2) is 8.42 Å². The number of rotatable bonds is 9. The van der Waals surface area contributed by atoms with Crippen LogP contribution in [0.4, 0.5) is 5.69 Å². The summed E-state index contributed by atoms with van der Waals surface area (Å²) in [5.41, 5.74) is 2.73. The van der Waals surface area contributed by atoms with Gasteiger partial charge in [0.1, 0.15) is 12.6 Å². The summed E-state index contributed by atoms with van der Waals surface area (Å²) in [6, 6.07) is 19.5. The monoisotopic (exact) mass is 527 g/mol. The molecule has 9 heteroatoms. The van der Waals surface area contributed by atoms with Crippen LogP contribution in [0.3, 0.4) is 0 Å². The highest BCUT2D eigenvalue weighted by atomic mass is 35.5. The molecule has 0 aliphatic carbocycles. The minimum Gasteiger partial charge on any atom is -0.357 e. The van der Waals surface area contributed by atoms with Crippen molar-refractivity contribution < 1.29 is 18.0 Å². The van der Waals surface area contributed by atoms with Crippen molar-refractivity contribution in [1.82, 2.24) is 10.2 Å². The number of anilines is 1. The van der Waals surface area contributed by atoms with Crippen LogP contribution in [0, 0.1) is 13.8 Å². The molecule has 0 aliphatic heterocycles. The van der Waals surface area contributed by atoms with Crippen LogP contribution in [0.1, 0.15) is 23.6 Å². The Balaban J connectivity index is 2.07. The first-order chi connectivity index (χ1) is 17.0. The molecule has 0 fully saturated rings. The van der Waals surface area contributed by atoms with E-state index in [9.17, 15) is 18.0 Å². The standard InChI is InChI=1S/C27H30ClN3O4S/c1-19-14-20(2)16-23(15-19)31(36(34,35)24-11-6-5-7-12-24)18-26(32)30(21(3)27(33)29-4)17-22-10-8-9-13-25(22)28/h5-16,21H,17-18H2,1-4H3,(H,29,33)/t21-/m0/s1. The first kappa shape index (κ1) is 27.2. The highest BCUT2D eigenvalue weighted by Gasteiger charge is 2.32. The number of halogens is 1. The first-order valence-corrected chi connectivity index (χ1v) is 13.3. The number of nitrogens with one attached hydrogen (secondary N) is 1. The van der Waals surface area contributed by atoms with E-state index in [-0.39, 0.29) is 17.3 Å². The van der Waals surface area contributed by atoms with Gasteiger partial charge in [-0.15, -0.1) is 0 Å². The topological polar surface area (TPSA) is 86.8 Å². The number of hydrogen-bond acceptors (Lipinski definition) is 4. The van der Waals surface area contributed by atoms with Gasteiger partial charge in [-0.05, 0) is 67.8 Å². The van der Waals surface area contributed by atoms with Gasteiger partial charge in [0.15, 0.2) is 0 Å². The second kappa shape index (κ2) is 11.6. The summed E-state index contributed by atoms with van der Waals surface area (Å²) in [5, 5.41) is 3.01. The molecular formula is C27H30ClN3O4S. The zero-order valence-electron chi connectivity index (χ0n) is 20.7. The SMILES string of the molecule is CNC(=O)[C@H](C)N(Cc1ccccc1Cl)C(=O)CN(c1cc(C)cc(C)c1)S(=O)(=O)c1ccccc1. The lowest BCUT2D eigenvalue weighted by Gasteiger charge is -2.32. The molecule has 0 saturated heterocycles. The molecule has 0 bridgehead atoms.